The molecule has 0 aliphatic carbocycles. The number of hydrogen-bond acceptors (Lipinski definition) is 4. The first-order valence-electron chi connectivity index (χ1n) is 5.82. The van der Waals surface area contributed by atoms with E-state index in [1.165, 1.54) is 12.1 Å². The molecule has 0 radical (unpaired) electrons. The van der Waals surface area contributed by atoms with Crippen LogP contribution in [-0.2, 0) is 10.0 Å². The van der Waals surface area contributed by atoms with E-state index in [0.29, 0.717) is 13.1 Å². The zero-order valence-electron chi connectivity index (χ0n) is 9.89. The number of nitrogens with two attached hydrogens (primary N) is 1. The molecule has 7 heteroatoms. The van der Waals surface area contributed by atoms with Crippen molar-refractivity contribution >= 4 is 15.7 Å². The van der Waals surface area contributed by atoms with Crippen LogP contribution in [-0.4, -0.2) is 26.5 Å². The molecule has 0 atom stereocenters. The molecule has 1 aromatic rings. The van der Waals surface area contributed by atoms with Crippen molar-refractivity contribution in [2.75, 3.05) is 18.8 Å². The van der Waals surface area contributed by atoms with Gasteiger partial charge in [0.1, 0.15) is 10.7 Å². The number of nitrogen functional groups attached to an aromatic ring is 1. The van der Waals surface area contributed by atoms with E-state index >= 15 is 0 Å². The minimum atomic E-state index is -3.80. The number of sulfonamides is 1. The molecule has 0 saturated carbocycles. The van der Waals surface area contributed by atoms with Gasteiger partial charge in [0.05, 0.1) is 5.69 Å². The summed E-state index contributed by atoms with van der Waals surface area (Å²) in [6.07, 6.45) is 2.99. The maximum atomic E-state index is 13.3. The highest BCUT2D eigenvalue weighted by Gasteiger charge is 2.23. The quantitative estimate of drug-likeness (QED) is 0.808. The van der Waals surface area contributed by atoms with E-state index in [0.717, 1.165) is 25.3 Å². The molecule has 0 bridgehead atoms. The molecule has 2 rings (SSSR count). The molecule has 1 aliphatic rings. The van der Waals surface area contributed by atoms with Gasteiger partial charge in [0, 0.05) is 13.1 Å². The number of benzene rings is 1. The molecule has 0 unspecified atom stereocenters. The van der Waals surface area contributed by atoms with Gasteiger partial charge in [0.15, 0.2) is 0 Å². The van der Waals surface area contributed by atoms with Crippen LogP contribution in [0.4, 0.5) is 10.1 Å². The van der Waals surface area contributed by atoms with Gasteiger partial charge >= 0.3 is 0 Å². The Hall–Kier alpha value is -1.18. The van der Waals surface area contributed by atoms with Crippen LogP contribution < -0.4 is 10.6 Å². The van der Waals surface area contributed by atoms with Gasteiger partial charge in [-0.3, -0.25) is 0 Å². The summed E-state index contributed by atoms with van der Waals surface area (Å²) in [6.45, 7) is 1.32. The highest BCUT2D eigenvalue weighted by atomic mass is 32.2. The lowest BCUT2D eigenvalue weighted by Gasteiger charge is -2.26. The Morgan fingerprint density at radius 1 is 1.22 bits per heavy atom. The highest BCUT2D eigenvalue weighted by molar-refractivity contribution is 7.89. The summed E-state index contributed by atoms with van der Waals surface area (Å²) in [7, 11) is -3.80. The molecule has 1 saturated heterocycles. The van der Waals surface area contributed by atoms with E-state index < -0.39 is 15.8 Å². The predicted octanol–water partition coefficient (Wildman–Crippen LogP) is 1.09. The lowest BCUT2D eigenvalue weighted by molar-refractivity contribution is 0.200. The molecular formula is C11H16FN3O2S. The Bertz CT molecular complexity index is 527. The molecular weight excluding hydrogens is 257 g/mol. The number of piperidine rings is 1. The largest absolute Gasteiger partial charge is 0.395 e. The van der Waals surface area contributed by atoms with Crippen LogP contribution in [0, 0.1) is 5.82 Å². The first-order valence-corrected chi connectivity index (χ1v) is 7.30. The smallest absolute Gasteiger partial charge is 0.255 e. The van der Waals surface area contributed by atoms with Crippen LogP contribution >= 0.6 is 0 Å². The number of hydrogen-bond donors (Lipinski definition) is 2. The Labute approximate surface area is 106 Å². The van der Waals surface area contributed by atoms with E-state index in [2.05, 4.69) is 4.83 Å². The topological polar surface area (TPSA) is 75.4 Å². The summed E-state index contributed by atoms with van der Waals surface area (Å²) >= 11 is 0. The van der Waals surface area contributed by atoms with Gasteiger partial charge in [0.25, 0.3) is 10.0 Å². The van der Waals surface area contributed by atoms with E-state index in [1.54, 1.807) is 5.01 Å². The second kappa shape index (κ2) is 5.21. The molecule has 18 heavy (non-hydrogen) atoms. The normalized spacial score (nSPS) is 17.8. The number of nitrogens with one attached hydrogen (secondary N) is 1. The summed E-state index contributed by atoms with van der Waals surface area (Å²) in [6, 6.07) is 3.76. The van der Waals surface area contributed by atoms with Crippen molar-refractivity contribution in [1.29, 1.82) is 0 Å². The van der Waals surface area contributed by atoms with Crippen molar-refractivity contribution < 1.29 is 12.8 Å². The van der Waals surface area contributed by atoms with Gasteiger partial charge in [-0.15, -0.1) is 4.83 Å². The molecule has 1 fully saturated rings. The SMILES string of the molecule is Nc1c(F)cccc1S(=O)(=O)NN1CCCCC1. The summed E-state index contributed by atoms with van der Waals surface area (Å²) < 4.78 is 37.4. The van der Waals surface area contributed by atoms with Gasteiger partial charge in [-0.05, 0) is 25.0 Å². The fourth-order valence-corrected chi connectivity index (χ4v) is 3.22. The van der Waals surface area contributed by atoms with Crippen LogP contribution in [0.25, 0.3) is 0 Å². The van der Waals surface area contributed by atoms with Crippen LogP contribution in [0.5, 0.6) is 0 Å². The predicted molar refractivity (Wildman–Crippen MR) is 66.6 cm³/mol. The zero-order valence-corrected chi connectivity index (χ0v) is 10.7. The maximum absolute atomic E-state index is 13.3. The third kappa shape index (κ3) is 2.80. The van der Waals surface area contributed by atoms with Crippen molar-refractivity contribution in [2.45, 2.75) is 24.2 Å². The molecule has 0 aromatic heterocycles. The van der Waals surface area contributed by atoms with Gasteiger partial charge < -0.3 is 5.73 Å². The van der Waals surface area contributed by atoms with Gasteiger partial charge in [0.2, 0.25) is 0 Å². The second-order valence-electron chi connectivity index (χ2n) is 4.29. The average Bonchev–Trinajstić information content (AvgIpc) is 2.33. The number of nitrogens with zero attached hydrogens (tertiary/aromatic N) is 1. The lowest BCUT2D eigenvalue weighted by Crippen LogP contribution is -2.45. The lowest BCUT2D eigenvalue weighted by atomic mass is 10.2. The highest BCUT2D eigenvalue weighted by Crippen LogP contribution is 2.21. The molecule has 1 heterocycles. The third-order valence-corrected chi connectivity index (χ3v) is 4.34. The zero-order chi connectivity index (χ0) is 13.2. The average molecular weight is 273 g/mol. The number of rotatable bonds is 3. The fourth-order valence-electron chi connectivity index (χ4n) is 1.96. The molecule has 100 valence electrons. The second-order valence-corrected chi connectivity index (χ2v) is 5.92. The number of para-hydroxylation sites is 1. The monoisotopic (exact) mass is 273 g/mol. The molecule has 5 nitrogen and oxygen atoms in total. The van der Waals surface area contributed by atoms with Crippen molar-refractivity contribution in [1.82, 2.24) is 9.84 Å². The Morgan fingerprint density at radius 2 is 1.89 bits per heavy atom. The van der Waals surface area contributed by atoms with E-state index in [4.69, 9.17) is 5.73 Å². The Balaban J connectivity index is 2.22. The van der Waals surface area contributed by atoms with Crippen LogP contribution in [0.2, 0.25) is 0 Å². The molecule has 1 aromatic carbocycles. The van der Waals surface area contributed by atoms with Gasteiger partial charge in [-0.1, -0.05) is 12.5 Å². The van der Waals surface area contributed by atoms with E-state index in [1.807, 2.05) is 0 Å². The Morgan fingerprint density at radius 3 is 2.56 bits per heavy atom. The first kappa shape index (κ1) is 13.3. The first-order chi connectivity index (χ1) is 8.50. The number of anilines is 1. The van der Waals surface area contributed by atoms with Crippen LogP contribution in [0.15, 0.2) is 23.1 Å². The van der Waals surface area contributed by atoms with Crippen molar-refractivity contribution in [3.8, 4) is 0 Å². The molecule has 1 aliphatic heterocycles. The number of halogens is 1. The molecule has 3 N–H and O–H groups in total. The summed E-state index contributed by atoms with van der Waals surface area (Å²) in [5, 5.41) is 1.63. The van der Waals surface area contributed by atoms with E-state index in [9.17, 15) is 12.8 Å². The standard InChI is InChI=1S/C11H16FN3O2S/c12-9-5-4-6-10(11(9)13)18(16,17)14-15-7-2-1-3-8-15/h4-6,14H,1-3,7-8,13H2. The van der Waals surface area contributed by atoms with Crippen molar-refractivity contribution in [3.05, 3.63) is 24.0 Å². The fraction of sp³-hybridized carbons (Fsp3) is 0.455. The maximum Gasteiger partial charge on any atom is 0.255 e. The minimum Gasteiger partial charge on any atom is -0.395 e. The van der Waals surface area contributed by atoms with Gasteiger partial charge in [-0.25, -0.2) is 17.8 Å². The summed E-state index contributed by atoms with van der Waals surface area (Å²) in [4.78, 5) is 2.22. The summed E-state index contributed by atoms with van der Waals surface area (Å²) in [5.41, 5.74) is 5.12. The summed E-state index contributed by atoms with van der Waals surface area (Å²) in [5.74, 6) is -0.725. The van der Waals surface area contributed by atoms with Crippen molar-refractivity contribution in [3.63, 3.8) is 0 Å². The van der Waals surface area contributed by atoms with E-state index in [-0.39, 0.29) is 10.6 Å². The number of hydrazine groups is 1. The van der Waals surface area contributed by atoms with Gasteiger partial charge in [-0.2, -0.15) is 0 Å². The minimum absolute atomic E-state index is 0.215. The molecule has 0 spiro atoms. The molecule has 0 amide bonds. The van der Waals surface area contributed by atoms with Crippen LogP contribution in [0.1, 0.15) is 19.3 Å². The van der Waals surface area contributed by atoms with Crippen LogP contribution in [0.3, 0.4) is 0 Å². The Kier molecular flexibility index (Phi) is 3.84. The van der Waals surface area contributed by atoms with Crippen molar-refractivity contribution in [2.24, 2.45) is 0 Å². The third-order valence-electron chi connectivity index (χ3n) is 2.91.